The van der Waals surface area contributed by atoms with Crippen LogP contribution in [-0.2, 0) is 42.2 Å². The van der Waals surface area contributed by atoms with Crippen molar-refractivity contribution in [1.29, 1.82) is 0 Å². The van der Waals surface area contributed by atoms with Crippen molar-refractivity contribution in [2.24, 2.45) is 0 Å². The molecule has 0 aliphatic carbocycles. The molecule has 0 rings (SSSR count). The number of aliphatic hydroxyl groups is 1. The summed E-state index contributed by atoms with van der Waals surface area (Å²) >= 11 is 0. The summed E-state index contributed by atoms with van der Waals surface area (Å²) in [6.45, 7) is 4.58. The fraction of sp³-hybridized carbons (Fsp3) is 0.870. The Labute approximate surface area is 404 Å². The molecule has 388 valence electrons. The van der Waals surface area contributed by atoms with E-state index in [9.17, 15) is 28.9 Å². The van der Waals surface area contributed by atoms with Crippen LogP contribution in [0.15, 0.2) is 24.3 Å². The van der Waals surface area contributed by atoms with Gasteiger partial charge >= 0.3 is 25.7 Å². The van der Waals surface area contributed by atoms with Crippen molar-refractivity contribution in [3.8, 4) is 0 Å². The van der Waals surface area contributed by atoms with Crippen molar-refractivity contribution < 1.29 is 52.2 Å². The highest BCUT2D eigenvalue weighted by atomic mass is 31.2. The Balaban J connectivity index is 4.69. The van der Waals surface area contributed by atoms with E-state index in [0.29, 0.717) is 19.3 Å². The summed E-state index contributed by atoms with van der Waals surface area (Å²) in [5, 5.41) is 9.77. The van der Waals surface area contributed by atoms with Crippen molar-refractivity contribution >= 4 is 25.7 Å². The first-order valence-electron chi connectivity index (χ1n) is 27.2. The maximum atomic E-state index is 12.8. The van der Waals surface area contributed by atoms with E-state index in [1.807, 2.05) is 0 Å². The van der Waals surface area contributed by atoms with Crippen molar-refractivity contribution in [2.75, 3.05) is 26.4 Å². The minimum atomic E-state index is -4.74. The van der Waals surface area contributed by atoms with Crippen LogP contribution in [0.25, 0.3) is 0 Å². The molecule has 3 unspecified atom stereocenters. The summed E-state index contributed by atoms with van der Waals surface area (Å²) < 4.78 is 39.4. The Hall–Kier alpha value is -2.04. The van der Waals surface area contributed by atoms with Crippen LogP contribution in [0.3, 0.4) is 0 Å². The van der Waals surface area contributed by atoms with Gasteiger partial charge in [-0.25, -0.2) is 4.57 Å². The quantitative estimate of drug-likeness (QED) is 0.0197. The van der Waals surface area contributed by atoms with Crippen LogP contribution >= 0.6 is 7.82 Å². The lowest BCUT2D eigenvalue weighted by Gasteiger charge is -2.21. The molecule has 0 aromatic heterocycles. The molecule has 0 bridgehead atoms. The number of allylic oxidation sites excluding steroid dienone is 4. The number of rotatable bonds is 51. The molecular formula is C54H101O11P. The fourth-order valence-electron chi connectivity index (χ4n) is 7.69. The molecule has 0 spiro atoms. The van der Waals surface area contributed by atoms with Gasteiger partial charge in [0.15, 0.2) is 6.10 Å². The fourth-order valence-corrected chi connectivity index (χ4v) is 8.47. The minimum absolute atomic E-state index is 0.165. The molecule has 0 aliphatic rings. The highest BCUT2D eigenvalue weighted by Crippen LogP contribution is 2.43. The van der Waals surface area contributed by atoms with Gasteiger partial charge in [-0.1, -0.05) is 225 Å². The maximum Gasteiger partial charge on any atom is 0.472 e. The van der Waals surface area contributed by atoms with E-state index in [0.717, 1.165) is 83.5 Å². The van der Waals surface area contributed by atoms with E-state index < -0.39 is 57.8 Å². The lowest BCUT2D eigenvalue weighted by atomic mass is 10.0. The molecule has 0 fully saturated rings. The van der Waals surface area contributed by atoms with Gasteiger partial charge in [0, 0.05) is 19.3 Å². The van der Waals surface area contributed by atoms with Gasteiger partial charge in [-0.2, -0.15) is 0 Å². The van der Waals surface area contributed by atoms with Crippen LogP contribution in [0.1, 0.15) is 265 Å². The zero-order valence-corrected chi connectivity index (χ0v) is 43.6. The average molecular weight is 957 g/mol. The van der Waals surface area contributed by atoms with Gasteiger partial charge in [0.25, 0.3) is 0 Å². The molecule has 2 N–H and O–H groups in total. The summed E-state index contributed by atoms with van der Waals surface area (Å²) in [6, 6.07) is 0. The molecular weight excluding hydrogens is 856 g/mol. The Kier molecular flexibility index (Phi) is 47.9. The molecule has 3 atom stereocenters. The Bertz CT molecular complexity index is 1210. The molecule has 12 heteroatoms. The summed E-state index contributed by atoms with van der Waals surface area (Å²) in [7, 11) is -4.74. The Morgan fingerprint density at radius 1 is 0.424 bits per heavy atom. The van der Waals surface area contributed by atoms with Crippen LogP contribution in [0.4, 0.5) is 0 Å². The number of carbonyl (C=O) groups is 3. The number of phosphoric ester groups is 1. The van der Waals surface area contributed by atoms with Gasteiger partial charge in [0.2, 0.25) is 0 Å². The number of phosphoric acid groups is 1. The molecule has 66 heavy (non-hydrogen) atoms. The standard InChI is InChI=1S/C54H101O11P/c1-4-7-10-13-16-19-22-24-25-27-30-33-36-39-42-45-54(58)65-51(47-61-52(56)43-40-37-34-31-28-21-18-15-12-9-6-3)49-63-66(59,60)62-48-50(46-55)64-53(57)44-41-38-35-32-29-26-23-20-17-14-11-8-5-2/h11,14,20,23,50-51,55H,4-10,12-13,15-19,21-22,24-49H2,1-3H3,(H,59,60)/b14-11-,23-20-. The first-order chi connectivity index (χ1) is 32.2. The predicted octanol–water partition coefficient (Wildman–Crippen LogP) is 15.5. The van der Waals surface area contributed by atoms with Gasteiger partial charge in [0.1, 0.15) is 12.7 Å². The van der Waals surface area contributed by atoms with Crippen LogP contribution in [0.5, 0.6) is 0 Å². The van der Waals surface area contributed by atoms with Crippen molar-refractivity contribution in [3.63, 3.8) is 0 Å². The summed E-state index contributed by atoms with van der Waals surface area (Å²) in [5.41, 5.74) is 0. The zero-order chi connectivity index (χ0) is 48.4. The second-order valence-electron chi connectivity index (χ2n) is 18.4. The maximum absolute atomic E-state index is 12.8. The van der Waals surface area contributed by atoms with Gasteiger partial charge in [-0.3, -0.25) is 23.4 Å². The molecule has 0 aromatic rings. The number of unbranched alkanes of at least 4 members (excludes halogenated alkanes) is 30. The zero-order valence-electron chi connectivity index (χ0n) is 42.7. The summed E-state index contributed by atoms with van der Waals surface area (Å²) in [6.07, 6.45) is 47.1. The summed E-state index contributed by atoms with van der Waals surface area (Å²) in [5.74, 6) is -1.46. The van der Waals surface area contributed by atoms with Gasteiger partial charge in [-0.15, -0.1) is 0 Å². The van der Waals surface area contributed by atoms with Gasteiger partial charge in [0.05, 0.1) is 19.8 Å². The lowest BCUT2D eigenvalue weighted by Crippen LogP contribution is -2.30. The predicted molar refractivity (Wildman–Crippen MR) is 270 cm³/mol. The third-order valence-electron chi connectivity index (χ3n) is 11.9. The number of ether oxygens (including phenoxy) is 3. The minimum Gasteiger partial charge on any atom is -0.462 e. The molecule has 11 nitrogen and oxygen atoms in total. The Morgan fingerprint density at radius 3 is 1.18 bits per heavy atom. The van der Waals surface area contributed by atoms with E-state index in [1.165, 1.54) is 122 Å². The van der Waals surface area contributed by atoms with Crippen LogP contribution in [0, 0.1) is 0 Å². The second-order valence-corrected chi connectivity index (χ2v) is 19.9. The third-order valence-corrected chi connectivity index (χ3v) is 12.8. The highest BCUT2D eigenvalue weighted by Gasteiger charge is 2.28. The van der Waals surface area contributed by atoms with E-state index in [1.54, 1.807) is 0 Å². The lowest BCUT2D eigenvalue weighted by molar-refractivity contribution is -0.161. The normalized spacial score (nSPS) is 13.6. The van der Waals surface area contributed by atoms with Crippen LogP contribution in [0.2, 0.25) is 0 Å². The number of hydrogen-bond donors (Lipinski definition) is 2. The van der Waals surface area contributed by atoms with Crippen LogP contribution < -0.4 is 0 Å². The van der Waals surface area contributed by atoms with E-state index >= 15 is 0 Å². The molecule has 0 aromatic carbocycles. The highest BCUT2D eigenvalue weighted by molar-refractivity contribution is 7.47. The number of esters is 3. The van der Waals surface area contributed by atoms with Crippen molar-refractivity contribution in [2.45, 2.75) is 277 Å². The average Bonchev–Trinajstić information content (AvgIpc) is 3.30. The van der Waals surface area contributed by atoms with Crippen LogP contribution in [-0.4, -0.2) is 66.5 Å². The topological polar surface area (TPSA) is 155 Å². The number of hydrogen-bond acceptors (Lipinski definition) is 10. The Morgan fingerprint density at radius 2 is 0.773 bits per heavy atom. The third kappa shape index (κ3) is 47.0. The first-order valence-corrected chi connectivity index (χ1v) is 28.7. The monoisotopic (exact) mass is 957 g/mol. The molecule has 0 saturated heterocycles. The number of aliphatic hydroxyl groups excluding tert-OH is 1. The number of carbonyl (C=O) groups excluding carboxylic acids is 3. The van der Waals surface area contributed by atoms with E-state index in [4.69, 9.17) is 23.3 Å². The smallest absolute Gasteiger partial charge is 0.462 e. The SMILES string of the molecule is CCC/C=C\C/C=C\CCCCCCCC(=O)OC(CO)COP(=O)(O)OCC(COC(=O)CCCCCCCCCCCCC)OC(=O)CCCCCCCCCCCCCCCCC. The molecule has 0 aliphatic heterocycles. The molecule has 0 saturated carbocycles. The van der Waals surface area contributed by atoms with Crippen molar-refractivity contribution in [3.05, 3.63) is 24.3 Å². The largest absolute Gasteiger partial charge is 0.472 e. The molecule has 0 radical (unpaired) electrons. The molecule has 0 heterocycles. The molecule has 0 amide bonds. The summed E-state index contributed by atoms with van der Waals surface area (Å²) in [4.78, 5) is 48.3. The van der Waals surface area contributed by atoms with Gasteiger partial charge < -0.3 is 24.2 Å². The van der Waals surface area contributed by atoms with E-state index in [-0.39, 0.29) is 25.9 Å². The van der Waals surface area contributed by atoms with Gasteiger partial charge in [-0.05, 0) is 44.9 Å². The van der Waals surface area contributed by atoms with E-state index in [2.05, 4.69) is 45.1 Å². The first kappa shape index (κ1) is 64.0. The second kappa shape index (κ2) is 49.4. The van der Waals surface area contributed by atoms with Crippen molar-refractivity contribution in [1.82, 2.24) is 0 Å².